The van der Waals surface area contributed by atoms with Crippen molar-refractivity contribution in [3.63, 3.8) is 0 Å². The molecule has 0 unspecified atom stereocenters. The van der Waals surface area contributed by atoms with E-state index in [-0.39, 0.29) is 0 Å². The van der Waals surface area contributed by atoms with Crippen molar-refractivity contribution in [1.82, 2.24) is 4.98 Å². The standard InChI is InChI=1S/C13H11Cl2NO2/c1-17-10-2-4-11(5-3-10)18-13-12(15)6-9(7-14)8-16-13/h2-6,8H,7H2,1H3. The number of ether oxygens (including phenoxy) is 2. The van der Waals surface area contributed by atoms with Crippen LogP contribution < -0.4 is 9.47 Å². The molecule has 0 radical (unpaired) electrons. The van der Waals surface area contributed by atoms with Gasteiger partial charge in [-0.15, -0.1) is 11.6 Å². The number of halogens is 2. The Kier molecular flexibility index (Phi) is 4.28. The number of pyridine rings is 1. The number of rotatable bonds is 4. The predicted molar refractivity (Wildman–Crippen MR) is 71.9 cm³/mol. The fourth-order valence-electron chi connectivity index (χ4n) is 1.37. The molecule has 0 N–H and O–H groups in total. The zero-order chi connectivity index (χ0) is 13.0. The van der Waals surface area contributed by atoms with Crippen LogP contribution in [0.3, 0.4) is 0 Å². The summed E-state index contributed by atoms with van der Waals surface area (Å²) in [4.78, 5) is 4.12. The summed E-state index contributed by atoms with van der Waals surface area (Å²) in [6, 6.07) is 8.91. The first kappa shape index (κ1) is 13.0. The smallest absolute Gasteiger partial charge is 0.238 e. The first-order chi connectivity index (χ1) is 8.72. The Morgan fingerprint density at radius 1 is 1.17 bits per heavy atom. The molecule has 94 valence electrons. The van der Waals surface area contributed by atoms with E-state index in [1.807, 2.05) is 0 Å². The lowest BCUT2D eigenvalue weighted by Crippen LogP contribution is -1.91. The molecule has 18 heavy (non-hydrogen) atoms. The monoisotopic (exact) mass is 283 g/mol. The van der Waals surface area contributed by atoms with Crippen LogP contribution in [0.15, 0.2) is 36.5 Å². The van der Waals surface area contributed by atoms with Crippen LogP contribution in [0.5, 0.6) is 17.4 Å². The number of hydrogen-bond donors (Lipinski definition) is 0. The van der Waals surface area contributed by atoms with Gasteiger partial charge in [0.05, 0.1) is 7.11 Å². The molecule has 0 fully saturated rings. The SMILES string of the molecule is COc1ccc(Oc2ncc(CCl)cc2Cl)cc1. The van der Waals surface area contributed by atoms with Crippen LogP contribution in [0.25, 0.3) is 0 Å². The van der Waals surface area contributed by atoms with Gasteiger partial charge < -0.3 is 9.47 Å². The second-order valence-corrected chi connectivity index (χ2v) is 4.22. The first-order valence-corrected chi connectivity index (χ1v) is 6.16. The van der Waals surface area contributed by atoms with Crippen LogP contribution in [-0.4, -0.2) is 12.1 Å². The highest BCUT2D eigenvalue weighted by Gasteiger charge is 2.06. The number of alkyl halides is 1. The highest BCUT2D eigenvalue weighted by molar-refractivity contribution is 6.32. The summed E-state index contributed by atoms with van der Waals surface area (Å²) >= 11 is 11.7. The minimum atomic E-state index is 0.357. The van der Waals surface area contributed by atoms with E-state index < -0.39 is 0 Å². The van der Waals surface area contributed by atoms with Gasteiger partial charge in [-0.25, -0.2) is 4.98 Å². The lowest BCUT2D eigenvalue weighted by atomic mass is 10.3. The van der Waals surface area contributed by atoms with E-state index in [1.54, 1.807) is 43.6 Å². The van der Waals surface area contributed by atoms with Gasteiger partial charge in [0.25, 0.3) is 0 Å². The summed E-state index contributed by atoms with van der Waals surface area (Å²) < 4.78 is 10.6. The Bertz CT molecular complexity index is 529. The molecule has 2 rings (SSSR count). The molecule has 1 aromatic heterocycles. The van der Waals surface area contributed by atoms with E-state index in [4.69, 9.17) is 32.7 Å². The highest BCUT2D eigenvalue weighted by Crippen LogP contribution is 2.28. The molecule has 0 aliphatic rings. The molecule has 0 aliphatic carbocycles. The molecule has 0 saturated heterocycles. The second-order valence-electron chi connectivity index (χ2n) is 3.54. The van der Waals surface area contributed by atoms with E-state index in [2.05, 4.69) is 4.98 Å². The Labute approximate surface area is 115 Å². The van der Waals surface area contributed by atoms with Gasteiger partial charge in [0, 0.05) is 12.1 Å². The van der Waals surface area contributed by atoms with Crippen LogP contribution in [0.1, 0.15) is 5.56 Å². The molecule has 0 amide bonds. The van der Waals surface area contributed by atoms with E-state index in [1.165, 1.54) is 0 Å². The number of benzene rings is 1. The van der Waals surface area contributed by atoms with Gasteiger partial charge in [-0.05, 0) is 35.9 Å². The largest absolute Gasteiger partial charge is 0.497 e. The van der Waals surface area contributed by atoms with E-state index in [0.29, 0.717) is 22.5 Å². The maximum atomic E-state index is 6.05. The third-order valence-corrected chi connectivity index (χ3v) is 2.87. The highest BCUT2D eigenvalue weighted by atomic mass is 35.5. The minimum absolute atomic E-state index is 0.357. The number of aromatic nitrogens is 1. The van der Waals surface area contributed by atoms with Gasteiger partial charge in [0.1, 0.15) is 16.5 Å². The molecule has 3 nitrogen and oxygen atoms in total. The van der Waals surface area contributed by atoms with E-state index in [0.717, 1.165) is 11.3 Å². The molecule has 0 atom stereocenters. The molecule has 0 aliphatic heterocycles. The third-order valence-electron chi connectivity index (χ3n) is 2.29. The van der Waals surface area contributed by atoms with Crippen LogP contribution in [-0.2, 0) is 5.88 Å². The maximum absolute atomic E-state index is 6.05. The van der Waals surface area contributed by atoms with Crippen LogP contribution in [0.2, 0.25) is 5.02 Å². The molecular weight excluding hydrogens is 273 g/mol. The summed E-state index contributed by atoms with van der Waals surface area (Å²) in [6.07, 6.45) is 1.64. The fourth-order valence-corrected chi connectivity index (χ4v) is 1.74. The summed E-state index contributed by atoms with van der Waals surface area (Å²) in [5.41, 5.74) is 0.851. The van der Waals surface area contributed by atoms with Gasteiger partial charge in [0.2, 0.25) is 5.88 Å². The summed E-state index contributed by atoms with van der Waals surface area (Å²) in [6.45, 7) is 0. The van der Waals surface area contributed by atoms with Crippen molar-refractivity contribution in [2.45, 2.75) is 5.88 Å². The Hall–Kier alpha value is -1.45. The first-order valence-electron chi connectivity index (χ1n) is 5.25. The molecule has 0 spiro atoms. The summed E-state index contributed by atoms with van der Waals surface area (Å²) in [7, 11) is 1.61. The molecule has 0 bridgehead atoms. The van der Waals surface area contributed by atoms with Crippen molar-refractivity contribution in [3.05, 3.63) is 47.1 Å². The van der Waals surface area contributed by atoms with Gasteiger partial charge in [0.15, 0.2) is 0 Å². The maximum Gasteiger partial charge on any atom is 0.238 e. The van der Waals surface area contributed by atoms with Gasteiger partial charge in [-0.3, -0.25) is 0 Å². The van der Waals surface area contributed by atoms with Crippen molar-refractivity contribution < 1.29 is 9.47 Å². The van der Waals surface area contributed by atoms with E-state index >= 15 is 0 Å². The van der Waals surface area contributed by atoms with Crippen molar-refractivity contribution in [2.75, 3.05) is 7.11 Å². The molecule has 0 saturated carbocycles. The second kappa shape index (κ2) is 5.94. The average molecular weight is 284 g/mol. The van der Waals surface area contributed by atoms with Crippen molar-refractivity contribution >= 4 is 23.2 Å². The Balaban J connectivity index is 2.17. The normalized spacial score (nSPS) is 10.2. The van der Waals surface area contributed by atoms with Crippen molar-refractivity contribution in [2.24, 2.45) is 0 Å². The lowest BCUT2D eigenvalue weighted by molar-refractivity contribution is 0.412. The van der Waals surface area contributed by atoms with Gasteiger partial charge in [-0.2, -0.15) is 0 Å². The third kappa shape index (κ3) is 3.06. The van der Waals surface area contributed by atoms with Crippen LogP contribution in [0.4, 0.5) is 0 Å². The topological polar surface area (TPSA) is 31.4 Å². The lowest BCUT2D eigenvalue weighted by Gasteiger charge is -2.07. The Morgan fingerprint density at radius 2 is 1.83 bits per heavy atom. The quantitative estimate of drug-likeness (QED) is 0.785. The van der Waals surface area contributed by atoms with Gasteiger partial charge in [-0.1, -0.05) is 11.6 Å². The number of nitrogens with zero attached hydrogens (tertiary/aromatic N) is 1. The zero-order valence-corrected chi connectivity index (χ0v) is 11.2. The molecule has 2 aromatic rings. The van der Waals surface area contributed by atoms with E-state index in [9.17, 15) is 0 Å². The van der Waals surface area contributed by atoms with Crippen molar-refractivity contribution in [1.29, 1.82) is 0 Å². The Morgan fingerprint density at radius 3 is 2.39 bits per heavy atom. The molecule has 5 heteroatoms. The molecule has 1 heterocycles. The number of hydrogen-bond acceptors (Lipinski definition) is 3. The zero-order valence-electron chi connectivity index (χ0n) is 9.69. The van der Waals surface area contributed by atoms with Crippen LogP contribution in [0, 0.1) is 0 Å². The number of methoxy groups -OCH3 is 1. The van der Waals surface area contributed by atoms with Gasteiger partial charge >= 0.3 is 0 Å². The van der Waals surface area contributed by atoms with Crippen LogP contribution >= 0.6 is 23.2 Å². The average Bonchev–Trinajstić information content (AvgIpc) is 2.42. The predicted octanol–water partition coefficient (Wildman–Crippen LogP) is 4.27. The summed E-state index contributed by atoms with van der Waals surface area (Å²) in [5.74, 6) is 2.13. The minimum Gasteiger partial charge on any atom is -0.497 e. The summed E-state index contributed by atoms with van der Waals surface area (Å²) in [5, 5.41) is 0.434. The fraction of sp³-hybridized carbons (Fsp3) is 0.154. The molecular formula is C13H11Cl2NO2. The van der Waals surface area contributed by atoms with Crippen molar-refractivity contribution in [3.8, 4) is 17.4 Å². The molecule has 1 aromatic carbocycles.